The van der Waals surface area contributed by atoms with Crippen LogP contribution in [0.3, 0.4) is 0 Å². The van der Waals surface area contributed by atoms with Crippen LogP contribution in [0.15, 0.2) is 24.3 Å². The fraction of sp³-hybridized carbons (Fsp3) is 0. The predicted octanol–water partition coefficient (Wildman–Crippen LogP) is 1.89. The lowest BCUT2D eigenvalue weighted by molar-refractivity contribution is 0.506. The summed E-state index contributed by atoms with van der Waals surface area (Å²) in [7, 11) is -3.70. The van der Waals surface area contributed by atoms with Gasteiger partial charge in [-0.25, -0.2) is 0 Å². The van der Waals surface area contributed by atoms with E-state index in [1.165, 1.54) is 11.1 Å². The Hall–Kier alpha value is -0.140. The van der Waals surface area contributed by atoms with Gasteiger partial charge in [0.25, 0.3) is 0 Å². The second kappa shape index (κ2) is 3.08. The fourth-order valence-electron chi connectivity index (χ4n) is 0.663. The first-order chi connectivity index (χ1) is 4.97. The standard InChI is InChI=1S/C6H4.HIO3S/c1-2-6-4-3-5(1)6;1-5(2,3)4/h1-4H;(H,2,3,4). The summed E-state index contributed by atoms with van der Waals surface area (Å²) in [5.41, 5.74) is 2.85. The molecule has 0 unspecified atom stereocenters. The van der Waals surface area contributed by atoms with Crippen molar-refractivity contribution in [3.63, 3.8) is 0 Å². The summed E-state index contributed by atoms with van der Waals surface area (Å²) >= 11 is 0.905. The third-order valence-electron chi connectivity index (χ3n) is 1.22. The van der Waals surface area contributed by atoms with Crippen LogP contribution in [0.1, 0.15) is 0 Å². The van der Waals surface area contributed by atoms with Gasteiger partial charge < -0.3 is 0 Å². The molecule has 0 aromatic carbocycles. The summed E-state index contributed by atoms with van der Waals surface area (Å²) in [5, 5.41) is 0. The average molecular weight is 284 g/mol. The smallest absolute Gasteiger partial charge is 0.278 e. The lowest BCUT2D eigenvalue weighted by Crippen LogP contribution is -1.85. The fourth-order valence-corrected chi connectivity index (χ4v) is 0.663. The SMILES string of the molecule is O=S(=O)(O)I.c1cc2ccc1-2. The van der Waals surface area contributed by atoms with Crippen molar-refractivity contribution in [2.75, 3.05) is 0 Å². The number of benzene rings is 1. The van der Waals surface area contributed by atoms with Crippen molar-refractivity contribution in [2.45, 2.75) is 0 Å². The molecule has 0 saturated heterocycles. The van der Waals surface area contributed by atoms with Crippen LogP contribution in [0, 0.1) is 0 Å². The molecule has 1 N–H and O–H groups in total. The Morgan fingerprint density at radius 2 is 1.27 bits per heavy atom. The zero-order valence-electron chi connectivity index (χ0n) is 5.36. The van der Waals surface area contributed by atoms with Crippen LogP contribution in [0.25, 0.3) is 11.1 Å². The van der Waals surface area contributed by atoms with E-state index in [1.807, 2.05) is 0 Å². The van der Waals surface area contributed by atoms with E-state index in [-0.39, 0.29) is 0 Å². The monoisotopic (exact) mass is 284 g/mol. The third kappa shape index (κ3) is 3.17. The Morgan fingerprint density at radius 1 is 1.09 bits per heavy atom. The number of hydrogen-bond acceptors (Lipinski definition) is 2. The molecule has 0 saturated carbocycles. The van der Waals surface area contributed by atoms with Gasteiger partial charge in [-0.15, -0.1) is 0 Å². The highest BCUT2D eigenvalue weighted by Crippen LogP contribution is 2.29. The van der Waals surface area contributed by atoms with Crippen LogP contribution in [-0.4, -0.2) is 13.0 Å². The van der Waals surface area contributed by atoms with Crippen LogP contribution in [0.5, 0.6) is 0 Å². The molecule has 0 heterocycles. The molecule has 2 aliphatic carbocycles. The predicted molar refractivity (Wildman–Crippen MR) is 51.0 cm³/mol. The van der Waals surface area contributed by atoms with Crippen molar-refractivity contribution in [1.82, 2.24) is 0 Å². The molecular formula is C6H5IO3S. The van der Waals surface area contributed by atoms with Crippen LogP contribution in [0.4, 0.5) is 0 Å². The van der Waals surface area contributed by atoms with Crippen molar-refractivity contribution in [3.8, 4) is 11.1 Å². The highest BCUT2D eigenvalue weighted by atomic mass is 127. The Kier molecular flexibility index (Phi) is 2.50. The molecule has 0 aromatic rings. The number of fused-ring (bicyclic) bond motifs is 1. The van der Waals surface area contributed by atoms with Gasteiger partial charge >= 0.3 is 7.29 Å². The average Bonchev–Trinajstić information content (AvgIpc) is 1.74. The van der Waals surface area contributed by atoms with Gasteiger partial charge in [-0.1, -0.05) is 24.3 Å². The molecule has 0 amide bonds. The second-order valence-corrected chi connectivity index (χ2v) is 6.15. The lowest BCUT2D eigenvalue weighted by Gasteiger charge is -2.10. The van der Waals surface area contributed by atoms with E-state index < -0.39 is 7.29 Å². The highest BCUT2D eigenvalue weighted by molar-refractivity contribution is 14.2. The molecular weight excluding hydrogens is 279 g/mol. The van der Waals surface area contributed by atoms with Gasteiger partial charge in [0.05, 0.1) is 0 Å². The first-order valence-corrected chi connectivity index (χ1v) is 6.72. The van der Waals surface area contributed by atoms with E-state index in [0.29, 0.717) is 0 Å². The summed E-state index contributed by atoms with van der Waals surface area (Å²) in [6.07, 6.45) is 0. The van der Waals surface area contributed by atoms with Crippen LogP contribution in [-0.2, 0) is 7.29 Å². The molecule has 5 heteroatoms. The summed E-state index contributed by atoms with van der Waals surface area (Å²) < 4.78 is 25.8. The Bertz CT molecular complexity index is 312. The summed E-state index contributed by atoms with van der Waals surface area (Å²) in [5.74, 6) is 0. The van der Waals surface area contributed by atoms with Crippen molar-refractivity contribution in [2.24, 2.45) is 0 Å². The zero-order chi connectivity index (χ0) is 8.48. The largest absolute Gasteiger partial charge is 0.318 e. The molecule has 0 spiro atoms. The van der Waals surface area contributed by atoms with Gasteiger partial charge in [0.15, 0.2) is 0 Å². The van der Waals surface area contributed by atoms with E-state index >= 15 is 0 Å². The van der Waals surface area contributed by atoms with Gasteiger partial charge in [-0.3, -0.25) is 4.55 Å². The van der Waals surface area contributed by atoms with Crippen molar-refractivity contribution >= 4 is 28.5 Å². The summed E-state index contributed by atoms with van der Waals surface area (Å²) in [6, 6.07) is 8.48. The lowest BCUT2D eigenvalue weighted by atomic mass is 9.95. The molecule has 2 rings (SSSR count). The van der Waals surface area contributed by atoms with E-state index in [1.54, 1.807) is 0 Å². The minimum absolute atomic E-state index is 0.905. The maximum atomic E-state index is 9.17. The maximum Gasteiger partial charge on any atom is 0.318 e. The molecule has 0 bridgehead atoms. The minimum atomic E-state index is -3.70. The van der Waals surface area contributed by atoms with E-state index in [0.717, 1.165) is 21.2 Å². The van der Waals surface area contributed by atoms with Gasteiger partial charge in [-0.2, -0.15) is 8.42 Å². The van der Waals surface area contributed by atoms with Crippen LogP contribution < -0.4 is 0 Å². The number of rotatable bonds is 0. The third-order valence-corrected chi connectivity index (χ3v) is 1.22. The maximum absolute atomic E-state index is 9.17. The Balaban J connectivity index is 0.000000114. The molecule has 3 nitrogen and oxygen atoms in total. The minimum Gasteiger partial charge on any atom is -0.278 e. The van der Waals surface area contributed by atoms with Crippen LogP contribution in [0.2, 0.25) is 0 Å². The number of hydrogen-bond donors (Lipinski definition) is 1. The van der Waals surface area contributed by atoms with Crippen molar-refractivity contribution in [3.05, 3.63) is 24.3 Å². The van der Waals surface area contributed by atoms with Gasteiger partial charge in [0.2, 0.25) is 0 Å². The summed E-state index contributed by atoms with van der Waals surface area (Å²) in [6.45, 7) is 0. The van der Waals surface area contributed by atoms with E-state index in [9.17, 15) is 8.42 Å². The Labute approximate surface area is 76.8 Å². The van der Waals surface area contributed by atoms with E-state index in [2.05, 4.69) is 24.3 Å². The van der Waals surface area contributed by atoms with Crippen molar-refractivity contribution in [1.29, 1.82) is 0 Å². The quantitative estimate of drug-likeness (QED) is 0.456. The van der Waals surface area contributed by atoms with Crippen LogP contribution >= 0.6 is 21.2 Å². The first-order valence-electron chi connectivity index (χ1n) is 2.74. The van der Waals surface area contributed by atoms with Gasteiger partial charge in [0, 0.05) is 0 Å². The number of halogens is 1. The molecule has 2 aliphatic rings. The van der Waals surface area contributed by atoms with Gasteiger partial charge in [-0.05, 0) is 11.1 Å². The molecule has 60 valence electrons. The summed E-state index contributed by atoms with van der Waals surface area (Å²) in [4.78, 5) is 0. The highest BCUT2D eigenvalue weighted by Gasteiger charge is 2.03. The molecule has 0 radical (unpaired) electrons. The normalized spacial score (nSPS) is 11.5. The molecule has 0 fully saturated rings. The molecule has 11 heavy (non-hydrogen) atoms. The molecule has 0 aliphatic heterocycles. The topological polar surface area (TPSA) is 54.4 Å². The Morgan fingerprint density at radius 3 is 1.27 bits per heavy atom. The van der Waals surface area contributed by atoms with Gasteiger partial charge in [0.1, 0.15) is 21.2 Å². The molecule has 0 aromatic heterocycles. The van der Waals surface area contributed by atoms with Crippen molar-refractivity contribution < 1.29 is 13.0 Å². The second-order valence-electron chi connectivity index (χ2n) is 1.99. The molecule has 0 atom stereocenters. The van der Waals surface area contributed by atoms with E-state index in [4.69, 9.17) is 4.55 Å². The first kappa shape index (κ1) is 8.95. The zero-order valence-corrected chi connectivity index (χ0v) is 8.33.